The van der Waals surface area contributed by atoms with Crippen molar-refractivity contribution in [3.8, 4) is 6.07 Å². The minimum Gasteiger partial charge on any atom is -0.383 e. The van der Waals surface area contributed by atoms with Crippen LogP contribution in [0.5, 0.6) is 0 Å². The van der Waals surface area contributed by atoms with Gasteiger partial charge in [0.1, 0.15) is 11.9 Å². The maximum atomic E-state index is 8.70. The van der Waals surface area contributed by atoms with Crippen LogP contribution in [0.25, 0.3) is 0 Å². The van der Waals surface area contributed by atoms with Gasteiger partial charge in [-0.1, -0.05) is 13.8 Å². The molecule has 4 heteroatoms. The number of aromatic nitrogens is 1. The molecule has 0 fully saturated rings. The SMILES string of the molecule is CC(C)[C@@H](N)c1cc(C#N)cnc1N. The molecule has 0 saturated carbocycles. The molecule has 74 valence electrons. The van der Waals surface area contributed by atoms with Crippen LogP contribution in [0.2, 0.25) is 0 Å². The average molecular weight is 190 g/mol. The zero-order valence-electron chi connectivity index (χ0n) is 8.36. The number of nitrogen functional groups attached to an aromatic ring is 1. The smallest absolute Gasteiger partial charge is 0.128 e. The Bertz CT molecular complexity index is 365. The molecular formula is C10H14N4. The van der Waals surface area contributed by atoms with E-state index in [1.54, 1.807) is 6.07 Å². The molecule has 0 unspecified atom stereocenters. The van der Waals surface area contributed by atoms with Crippen LogP contribution in [0.1, 0.15) is 31.0 Å². The van der Waals surface area contributed by atoms with Crippen molar-refractivity contribution in [2.45, 2.75) is 19.9 Å². The molecule has 0 radical (unpaired) electrons. The monoisotopic (exact) mass is 190 g/mol. The first-order valence-corrected chi connectivity index (χ1v) is 4.47. The first-order chi connectivity index (χ1) is 6.56. The van der Waals surface area contributed by atoms with Crippen molar-refractivity contribution in [1.82, 2.24) is 4.98 Å². The lowest BCUT2D eigenvalue weighted by molar-refractivity contribution is 0.514. The van der Waals surface area contributed by atoms with Gasteiger partial charge in [0.05, 0.1) is 5.56 Å². The molecule has 0 aliphatic carbocycles. The number of nitriles is 1. The van der Waals surface area contributed by atoms with Crippen LogP contribution in [0.15, 0.2) is 12.3 Å². The van der Waals surface area contributed by atoms with Gasteiger partial charge >= 0.3 is 0 Å². The largest absolute Gasteiger partial charge is 0.383 e. The van der Waals surface area contributed by atoms with Crippen molar-refractivity contribution >= 4 is 5.82 Å². The number of nitrogens with zero attached hydrogens (tertiary/aromatic N) is 2. The Kier molecular flexibility index (Phi) is 3.05. The molecule has 0 bridgehead atoms. The molecule has 0 spiro atoms. The van der Waals surface area contributed by atoms with E-state index >= 15 is 0 Å². The van der Waals surface area contributed by atoms with Crippen LogP contribution >= 0.6 is 0 Å². The van der Waals surface area contributed by atoms with Gasteiger partial charge in [0.2, 0.25) is 0 Å². The molecule has 1 aromatic rings. The molecule has 1 rings (SSSR count). The van der Waals surface area contributed by atoms with Crippen molar-refractivity contribution in [2.75, 3.05) is 5.73 Å². The molecule has 0 saturated heterocycles. The normalized spacial score (nSPS) is 12.5. The van der Waals surface area contributed by atoms with Gasteiger partial charge in [-0.05, 0) is 12.0 Å². The summed E-state index contributed by atoms with van der Waals surface area (Å²) < 4.78 is 0. The number of rotatable bonds is 2. The summed E-state index contributed by atoms with van der Waals surface area (Å²) in [5.74, 6) is 0.679. The first kappa shape index (κ1) is 10.5. The minimum atomic E-state index is -0.171. The quantitative estimate of drug-likeness (QED) is 0.733. The molecule has 1 atom stereocenters. The molecular weight excluding hydrogens is 176 g/mol. The second-order valence-corrected chi connectivity index (χ2v) is 3.58. The molecule has 0 amide bonds. The Balaban J connectivity index is 3.13. The summed E-state index contributed by atoms with van der Waals surface area (Å²) in [4.78, 5) is 3.93. The summed E-state index contributed by atoms with van der Waals surface area (Å²) in [5.41, 5.74) is 12.9. The van der Waals surface area contributed by atoms with Crippen LogP contribution in [0, 0.1) is 17.2 Å². The van der Waals surface area contributed by atoms with Gasteiger partial charge in [0.15, 0.2) is 0 Å². The fraction of sp³-hybridized carbons (Fsp3) is 0.400. The van der Waals surface area contributed by atoms with E-state index < -0.39 is 0 Å². The summed E-state index contributed by atoms with van der Waals surface area (Å²) in [6.45, 7) is 4.01. The van der Waals surface area contributed by atoms with Crippen LogP contribution in [0.4, 0.5) is 5.82 Å². The van der Waals surface area contributed by atoms with Gasteiger partial charge < -0.3 is 11.5 Å². The van der Waals surface area contributed by atoms with Gasteiger partial charge in [-0.2, -0.15) is 5.26 Å². The van der Waals surface area contributed by atoms with Gasteiger partial charge in [-0.15, -0.1) is 0 Å². The Labute approximate surface area is 83.5 Å². The standard InChI is InChI=1S/C10H14N4/c1-6(2)9(12)8-3-7(4-11)5-14-10(8)13/h3,5-6,9H,12H2,1-2H3,(H2,13,14)/t9-/m1/s1. The molecule has 0 aliphatic heterocycles. The summed E-state index contributed by atoms with van der Waals surface area (Å²) in [6, 6.07) is 3.55. The van der Waals surface area contributed by atoms with E-state index in [9.17, 15) is 0 Å². The average Bonchev–Trinajstić information content (AvgIpc) is 2.17. The van der Waals surface area contributed by atoms with E-state index in [4.69, 9.17) is 16.7 Å². The van der Waals surface area contributed by atoms with Crippen LogP contribution in [0.3, 0.4) is 0 Å². The third-order valence-electron chi connectivity index (χ3n) is 2.16. The van der Waals surface area contributed by atoms with E-state index in [1.165, 1.54) is 6.20 Å². The van der Waals surface area contributed by atoms with Crippen molar-refractivity contribution in [3.05, 3.63) is 23.4 Å². The summed E-state index contributed by atoms with van der Waals surface area (Å²) in [6.07, 6.45) is 1.45. The minimum absolute atomic E-state index is 0.171. The van der Waals surface area contributed by atoms with Crippen molar-refractivity contribution in [2.24, 2.45) is 11.7 Å². The van der Waals surface area contributed by atoms with E-state index in [1.807, 2.05) is 19.9 Å². The highest BCUT2D eigenvalue weighted by atomic mass is 14.8. The maximum Gasteiger partial charge on any atom is 0.128 e. The summed E-state index contributed by atoms with van der Waals surface area (Å²) >= 11 is 0. The van der Waals surface area contributed by atoms with Crippen LogP contribution < -0.4 is 11.5 Å². The molecule has 4 N–H and O–H groups in total. The lowest BCUT2D eigenvalue weighted by Gasteiger charge is -2.17. The molecule has 4 nitrogen and oxygen atoms in total. The summed E-state index contributed by atoms with van der Waals surface area (Å²) in [7, 11) is 0. The number of hydrogen-bond acceptors (Lipinski definition) is 4. The van der Waals surface area contributed by atoms with E-state index in [-0.39, 0.29) is 12.0 Å². The number of hydrogen-bond donors (Lipinski definition) is 2. The zero-order chi connectivity index (χ0) is 10.7. The zero-order valence-corrected chi connectivity index (χ0v) is 8.36. The van der Waals surface area contributed by atoms with Crippen LogP contribution in [-0.2, 0) is 0 Å². The van der Waals surface area contributed by atoms with Crippen molar-refractivity contribution in [1.29, 1.82) is 5.26 Å². The Hall–Kier alpha value is -1.60. The molecule has 0 aliphatic rings. The van der Waals surface area contributed by atoms with Gasteiger partial charge in [-0.25, -0.2) is 4.98 Å². The Morgan fingerprint density at radius 1 is 1.50 bits per heavy atom. The highest BCUT2D eigenvalue weighted by Gasteiger charge is 2.14. The second-order valence-electron chi connectivity index (χ2n) is 3.58. The maximum absolute atomic E-state index is 8.70. The predicted octanol–water partition coefficient (Wildman–Crippen LogP) is 1.19. The van der Waals surface area contributed by atoms with Gasteiger partial charge in [0.25, 0.3) is 0 Å². The highest BCUT2D eigenvalue weighted by molar-refractivity contribution is 5.46. The molecule has 1 heterocycles. The molecule has 14 heavy (non-hydrogen) atoms. The van der Waals surface area contributed by atoms with Crippen molar-refractivity contribution < 1.29 is 0 Å². The number of nitrogens with two attached hydrogens (primary N) is 2. The summed E-state index contributed by atoms with van der Waals surface area (Å²) in [5, 5.41) is 8.70. The second kappa shape index (κ2) is 4.07. The number of pyridine rings is 1. The lowest BCUT2D eigenvalue weighted by atomic mass is 9.97. The number of anilines is 1. The van der Waals surface area contributed by atoms with E-state index in [0.29, 0.717) is 11.4 Å². The third kappa shape index (κ3) is 2.01. The molecule has 1 aromatic heterocycles. The molecule has 0 aromatic carbocycles. The predicted molar refractivity (Wildman–Crippen MR) is 55.1 cm³/mol. The van der Waals surface area contributed by atoms with Crippen LogP contribution in [-0.4, -0.2) is 4.98 Å². The van der Waals surface area contributed by atoms with Gasteiger partial charge in [-0.3, -0.25) is 0 Å². The Morgan fingerprint density at radius 3 is 2.64 bits per heavy atom. The van der Waals surface area contributed by atoms with E-state index in [0.717, 1.165) is 5.56 Å². The highest BCUT2D eigenvalue weighted by Crippen LogP contribution is 2.23. The first-order valence-electron chi connectivity index (χ1n) is 4.47. The fourth-order valence-electron chi connectivity index (χ4n) is 1.18. The van der Waals surface area contributed by atoms with Crippen molar-refractivity contribution in [3.63, 3.8) is 0 Å². The topological polar surface area (TPSA) is 88.7 Å². The Morgan fingerprint density at radius 2 is 2.14 bits per heavy atom. The fourth-order valence-corrected chi connectivity index (χ4v) is 1.18. The van der Waals surface area contributed by atoms with Gasteiger partial charge in [0, 0.05) is 17.8 Å². The van der Waals surface area contributed by atoms with E-state index in [2.05, 4.69) is 4.98 Å². The third-order valence-corrected chi connectivity index (χ3v) is 2.16. The lowest BCUT2D eigenvalue weighted by Crippen LogP contribution is -2.19.